The maximum atomic E-state index is 14.2. The first kappa shape index (κ1) is 23.8. The quantitative estimate of drug-likeness (QED) is 0.638. The largest absolute Gasteiger partial charge is 0.488 e. The molecule has 0 bridgehead atoms. The van der Waals surface area contributed by atoms with Gasteiger partial charge in [-0.15, -0.1) is 0 Å². The normalized spacial score (nSPS) is 15.8. The molecular formula is C25H28FN3O5. The number of rotatable bonds is 8. The van der Waals surface area contributed by atoms with Gasteiger partial charge in [-0.2, -0.15) is 0 Å². The van der Waals surface area contributed by atoms with Crippen LogP contribution in [-0.2, 0) is 34.0 Å². The Bertz CT molecular complexity index is 1070. The van der Waals surface area contributed by atoms with Crippen molar-refractivity contribution >= 4 is 17.7 Å². The van der Waals surface area contributed by atoms with E-state index in [0.29, 0.717) is 5.56 Å². The van der Waals surface area contributed by atoms with Crippen molar-refractivity contribution in [2.75, 3.05) is 32.8 Å². The van der Waals surface area contributed by atoms with Crippen LogP contribution in [0.5, 0.6) is 5.75 Å². The van der Waals surface area contributed by atoms with Gasteiger partial charge in [0.05, 0.1) is 25.3 Å². The molecule has 2 aliphatic heterocycles. The number of hydrogen-bond donors (Lipinski definition) is 1. The molecule has 1 N–H and O–H groups in total. The van der Waals surface area contributed by atoms with Crippen molar-refractivity contribution in [2.45, 2.75) is 33.0 Å². The van der Waals surface area contributed by atoms with Gasteiger partial charge in [0.15, 0.2) is 0 Å². The summed E-state index contributed by atoms with van der Waals surface area (Å²) in [5, 5.41) is 2.22. The van der Waals surface area contributed by atoms with E-state index in [1.165, 1.54) is 16.5 Å². The molecule has 34 heavy (non-hydrogen) atoms. The van der Waals surface area contributed by atoms with E-state index in [0.717, 1.165) is 44.5 Å². The predicted molar refractivity (Wildman–Crippen MR) is 121 cm³/mol. The molecule has 1 fully saturated rings. The van der Waals surface area contributed by atoms with E-state index in [4.69, 9.17) is 9.47 Å². The first-order chi connectivity index (χ1) is 16.4. The van der Waals surface area contributed by atoms with Crippen molar-refractivity contribution in [3.8, 4) is 5.75 Å². The summed E-state index contributed by atoms with van der Waals surface area (Å²) in [7, 11) is 0. The molecule has 3 amide bonds. The van der Waals surface area contributed by atoms with Crippen LogP contribution in [0.25, 0.3) is 0 Å². The van der Waals surface area contributed by atoms with E-state index in [9.17, 15) is 18.8 Å². The molecule has 2 aromatic carbocycles. The molecule has 0 atom stereocenters. The van der Waals surface area contributed by atoms with Crippen LogP contribution >= 0.6 is 0 Å². The van der Waals surface area contributed by atoms with Gasteiger partial charge in [-0.1, -0.05) is 31.2 Å². The van der Waals surface area contributed by atoms with Crippen molar-refractivity contribution in [1.29, 1.82) is 0 Å². The molecule has 2 aliphatic rings. The molecule has 180 valence electrons. The summed E-state index contributed by atoms with van der Waals surface area (Å²) in [5.41, 5.74) is 2.82. The zero-order valence-corrected chi connectivity index (χ0v) is 19.1. The number of imide groups is 1. The van der Waals surface area contributed by atoms with Gasteiger partial charge in [0, 0.05) is 37.7 Å². The SMILES string of the molecule is CCC(=O)NC(=O)CN1Cc2c(OCc3ccc(CN4CCOCC4)cc3)cc(F)cc2C1=O. The van der Waals surface area contributed by atoms with Gasteiger partial charge in [0.2, 0.25) is 11.8 Å². The Hall–Kier alpha value is -3.30. The van der Waals surface area contributed by atoms with Crippen LogP contribution in [0.2, 0.25) is 0 Å². The number of carbonyl (C=O) groups is 3. The van der Waals surface area contributed by atoms with E-state index in [1.807, 2.05) is 24.3 Å². The molecular weight excluding hydrogens is 441 g/mol. The van der Waals surface area contributed by atoms with Crippen LogP contribution in [-0.4, -0.2) is 60.4 Å². The highest BCUT2D eigenvalue weighted by molar-refractivity contribution is 6.03. The number of amides is 3. The van der Waals surface area contributed by atoms with Crippen molar-refractivity contribution in [3.05, 3.63) is 64.5 Å². The van der Waals surface area contributed by atoms with E-state index < -0.39 is 23.5 Å². The maximum absolute atomic E-state index is 14.2. The maximum Gasteiger partial charge on any atom is 0.255 e. The van der Waals surface area contributed by atoms with Crippen molar-refractivity contribution < 1.29 is 28.2 Å². The summed E-state index contributed by atoms with van der Waals surface area (Å²) in [6.07, 6.45) is 0.164. The second kappa shape index (κ2) is 10.8. The minimum absolute atomic E-state index is 0.107. The molecule has 0 aromatic heterocycles. The highest BCUT2D eigenvalue weighted by Gasteiger charge is 2.32. The minimum Gasteiger partial charge on any atom is -0.488 e. The van der Waals surface area contributed by atoms with Crippen LogP contribution in [0.15, 0.2) is 36.4 Å². The summed E-state index contributed by atoms with van der Waals surface area (Å²) < 4.78 is 25.5. The van der Waals surface area contributed by atoms with Gasteiger partial charge in [-0.3, -0.25) is 24.6 Å². The number of halogens is 1. The third-order valence-electron chi connectivity index (χ3n) is 5.90. The lowest BCUT2D eigenvalue weighted by atomic mass is 10.1. The van der Waals surface area contributed by atoms with E-state index in [2.05, 4.69) is 10.2 Å². The fourth-order valence-electron chi connectivity index (χ4n) is 4.03. The van der Waals surface area contributed by atoms with Gasteiger partial charge in [-0.25, -0.2) is 4.39 Å². The monoisotopic (exact) mass is 469 g/mol. The molecule has 2 aromatic rings. The Labute approximate surface area is 197 Å². The van der Waals surface area contributed by atoms with E-state index in [1.54, 1.807) is 6.92 Å². The standard InChI is InChI=1S/C25H28FN3O5/c1-2-23(30)27-24(31)15-29-14-21-20(25(29)32)11-19(26)12-22(21)34-16-18-5-3-17(4-6-18)13-28-7-9-33-10-8-28/h3-6,11-12H,2,7-10,13-16H2,1H3,(H,27,30,31). The van der Waals surface area contributed by atoms with Crippen LogP contribution in [0, 0.1) is 5.82 Å². The topological polar surface area (TPSA) is 88.2 Å². The second-order valence-corrected chi connectivity index (χ2v) is 8.41. The predicted octanol–water partition coefficient (Wildman–Crippen LogP) is 2.25. The number of morpholine rings is 1. The van der Waals surface area contributed by atoms with Gasteiger partial charge < -0.3 is 14.4 Å². The number of fused-ring (bicyclic) bond motifs is 1. The Morgan fingerprint density at radius 1 is 1.09 bits per heavy atom. The zero-order valence-electron chi connectivity index (χ0n) is 19.1. The number of nitrogens with zero attached hydrogens (tertiary/aromatic N) is 2. The Morgan fingerprint density at radius 2 is 1.79 bits per heavy atom. The molecule has 9 heteroatoms. The fraction of sp³-hybridized carbons (Fsp3) is 0.400. The van der Waals surface area contributed by atoms with Crippen molar-refractivity contribution in [1.82, 2.24) is 15.1 Å². The third-order valence-corrected chi connectivity index (χ3v) is 5.90. The Kier molecular flexibility index (Phi) is 7.54. The highest BCUT2D eigenvalue weighted by Crippen LogP contribution is 2.32. The van der Waals surface area contributed by atoms with E-state index in [-0.39, 0.29) is 37.4 Å². The minimum atomic E-state index is -0.588. The second-order valence-electron chi connectivity index (χ2n) is 8.41. The lowest BCUT2D eigenvalue weighted by Gasteiger charge is -2.26. The molecule has 0 unspecified atom stereocenters. The van der Waals surface area contributed by atoms with Crippen LogP contribution in [0.3, 0.4) is 0 Å². The smallest absolute Gasteiger partial charge is 0.255 e. The highest BCUT2D eigenvalue weighted by atomic mass is 19.1. The molecule has 1 saturated heterocycles. The van der Waals surface area contributed by atoms with Gasteiger partial charge in [-0.05, 0) is 17.2 Å². The van der Waals surface area contributed by atoms with Gasteiger partial charge >= 0.3 is 0 Å². The van der Waals surface area contributed by atoms with Gasteiger partial charge in [0.1, 0.15) is 24.7 Å². The number of benzene rings is 2. The molecule has 0 aliphatic carbocycles. The van der Waals surface area contributed by atoms with Crippen LogP contribution in [0.1, 0.15) is 40.4 Å². The van der Waals surface area contributed by atoms with Crippen LogP contribution < -0.4 is 10.1 Å². The first-order valence-electron chi connectivity index (χ1n) is 11.4. The summed E-state index contributed by atoms with van der Waals surface area (Å²) >= 11 is 0. The third kappa shape index (κ3) is 5.78. The summed E-state index contributed by atoms with van der Waals surface area (Å²) in [6.45, 7) is 5.87. The number of ether oxygens (including phenoxy) is 2. The van der Waals surface area contributed by atoms with Crippen molar-refractivity contribution in [3.63, 3.8) is 0 Å². The molecule has 0 spiro atoms. The molecule has 8 nitrogen and oxygen atoms in total. The lowest BCUT2D eigenvalue weighted by Crippen LogP contribution is -2.39. The Morgan fingerprint density at radius 3 is 2.50 bits per heavy atom. The number of hydrogen-bond acceptors (Lipinski definition) is 6. The molecule has 2 heterocycles. The first-order valence-corrected chi connectivity index (χ1v) is 11.4. The number of nitrogens with one attached hydrogen (secondary N) is 1. The lowest BCUT2D eigenvalue weighted by molar-refractivity contribution is -0.130. The average Bonchev–Trinajstić information content (AvgIpc) is 3.14. The van der Waals surface area contributed by atoms with Gasteiger partial charge in [0.25, 0.3) is 5.91 Å². The summed E-state index contributed by atoms with van der Waals surface area (Å²) in [4.78, 5) is 39.8. The fourth-order valence-corrected chi connectivity index (χ4v) is 4.03. The Balaban J connectivity index is 1.38. The summed E-state index contributed by atoms with van der Waals surface area (Å²) in [6, 6.07) is 10.4. The van der Waals surface area contributed by atoms with Crippen LogP contribution in [0.4, 0.5) is 4.39 Å². The number of carbonyl (C=O) groups excluding carboxylic acids is 3. The molecule has 0 radical (unpaired) electrons. The summed E-state index contributed by atoms with van der Waals surface area (Å²) in [5.74, 6) is -1.78. The van der Waals surface area contributed by atoms with E-state index >= 15 is 0 Å². The molecule has 4 rings (SSSR count). The average molecular weight is 470 g/mol. The zero-order chi connectivity index (χ0) is 24.1. The van der Waals surface area contributed by atoms with Crippen molar-refractivity contribution in [2.24, 2.45) is 0 Å². The molecule has 0 saturated carbocycles.